The molecule has 2 aromatic rings. The maximum Gasteiger partial charge on any atom is 0.495 e. The zero-order chi connectivity index (χ0) is 25.5. The second-order valence-electron chi connectivity index (χ2n) is 9.98. The molecular weight excluding hydrogens is 449 g/mol. The predicted octanol–water partition coefficient (Wildman–Crippen LogP) is 2.68. The highest BCUT2D eigenvalue weighted by atomic mass is 16.7. The first-order chi connectivity index (χ1) is 16.5. The maximum absolute atomic E-state index is 12.7. The molecule has 11 heteroatoms. The van der Waals surface area contributed by atoms with Gasteiger partial charge in [-0.25, -0.2) is 4.79 Å². The molecule has 0 unspecified atom stereocenters. The Morgan fingerprint density at radius 2 is 1.91 bits per heavy atom. The summed E-state index contributed by atoms with van der Waals surface area (Å²) in [4.78, 5) is 24.8. The fourth-order valence-electron chi connectivity index (χ4n) is 4.47. The third-order valence-electron chi connectivity index (χ3n) is 7.21. The summed E-state index contributed by atoms with van der Waals surface area (Å²) in [6.07, 6.45) is 4.08. The molecule has 0 radical (unpaired) electrons. The van der Waals surface area contributed by atoms with Crippen LogP contribution in [-0.4, -0.2) is 47.1 Å². The summed E-state index contributed by atoms with van der Waals surface area (Å²) in [6, 6.07) is 7.26. The van der Waals surface area contributed by atoms with Crippen LogP contribution in [0, 0.1) is 17.2 Å². The van der Waals surface area contributed by atoms with Gasteiger partial charge < -0.3 is 25.1 Å². The number of aromatic nitrogens is 2. The van der Waals surface area contributed by atoms with Gasteiger partial charge in [-0.1, -0.05) is 6.07 Å². The van der Waals surface area contributed by atoms with Gasteiger partial charge in [-0.15, -0.1) is 0 Å². The lowest BCUT2D eigenvalue weighted by atomic mass is 9.75. The van der Waals surface area contributed by atoms with E-state index in [1.54, 1.807) is 29.1 Å². The van der Waals surface area contributed by atoms with Crippen molar-refractivity contribution in [3.63, 3.8) is 0 Å². The number of hydrogen-bond acceptors (Lipinski definition) is 8. The zero-order valence-electron chi connectivity index (χ0n) is 20.6. The van der Waals surface area contributed by atoms with Crippen molar-refractivity contribution in [1.29, 1.82) is 5.26 Å². The molecule has 1 saturated carbocycles. The summed E-state index contributed by atoms with van der Waals surface area (Å²) in [7, 11) is 0.546. The molecule has 3 N–H and O–H groups in total. The molecule has 1 amide bonds. The Bertz CT molecular complexity index is 1190. The first kappa shape index (κ1) is 24.8. The number of primary amides is 1. The zero-order valence-corrected chi connectivity index (χ0v) is 20.6. The normalized spacial score (nSPS) is 22.6. The summed E-state index contributed by atoms with van der Waals surface area (Å²) < 4.78 is 18.9. The molecule has 2 fully saturated rings. The van der Waals surface area contributed by atoms with Gasteiger partial charge in [0.2, 0.25) is 0 Å². The van der Waals surface area contributed by atoms with Gasteiger partial charge in [-0.2, -0.15) is 10.4 Å². The molecule has 4 rings (SSSR count). The van der Waals surface area contributed by atoms with Crippen LogP contribution in [0.4, 0.5) is 11.5 Å². The van der Waals surface area contributed by atoms with Gasteiger partial charge in [-0.3, -0.25) is 9.48 Å². The van der Waals surface area contributed by atoms with Gasteiger partial charge >= 0.3 is 13.1 Å². The first-order valence-electron chi connectivity index (χ1n) is 11.6. The number of nitrogens with one attached hydrogen (secondary N) is 1. The average Bonchev–Trinajstić information content (AvgIpc) is 3.48. The van der Waals surface area contributed by atoms with Crippen molar-refractivity contribution in [2.24, 2.45) is 11.7 Å². The van der Waals surface area contributed by atoms with E-state index in [0.29, 0.717) is 11.2 Å². The van der Waals surface area contributed by atoms with Crippen LogP contribution in [0.2, 0.25) is 0 Å². The Labute approximate surface area is 204 Å². The van der Waals surface area contributed by atoms with E-state index in [-0.39, 0.29) is 28.9 Å². The Balaban J connectivity index is 1.67. The quantitative estimate of drug-likeness (QED) is 0.476. The van der Waals surface area contributed by atoms with Crippen molar-refractivity contribution >= 4 is 36.0 Å². The fraction of sp³-hybridized carbons (Fsp3) is 0.500. The number of rotatable bonds is 6. The third-order valence-corrected chi connectivity index (χ3v) is 7.21. The van der Waals surface area contributed by atoms with Crippen molar-refractivity contribution in [2.75, 3.05) is 12.4 Å². The topological polar surface area (TPSA) is 141 Å². The molecule has 0 bridgehead atoms. The van der Waals surface area contributed by atoms with Gasteiger partial charge in [-0.05, 0) is 64.6 Å². The SMILES string of the molecule is COC(=O)c1cc(Nc2nn([C@H]3CCC[C@@H]3C#N)cc2C(N)=O)ccc1B1OC(C)(C)C(C)(C)O1. The fourth-order valence-corrected chi connectivity index (χ4v) is 4.47. The number of carbonyl (C=O) groups is 2. The Kier molecular flexibility index (Phi) is 6.38. The molecule has 1 aliphatic carbocycles. The Morgan fingerprint density at radius 3 is 2.51 bits per heavy atom. The van der Waals surface area contributed by atoms with Crippen LogP contribution in [0.25, 0.3) is 0 Å². The number of hydrogen-bond donors (Lipinski definition) is 2. The van der Waals surface area contributed by atoms with Gasteiger partial charge in [0, 0.05) is 11.9 Å². The lowest BCUT2D eigenvalue weighted by molar-refractivity contribution is 0.00578. The highest BCUT2D eigenvalue weighted by Gasteiger charge is 2.52. The number of nitrogens with two attached hydrogens (primary N) is 1. The second-order valence-corrected chi connectivity index (χ2v) is 9.98. The number of amides is 1. The van der Waals surface area contributed by atoms with Crippen LogP contribution in [0.3, 0.4) is 0 Å². The van der Waals surface area contributed by atoms with E-state index in [2.05, 4.69) is 16.5 Å². The van der Waals surface area contributed by atoms with Crippen LogP contribution >= 0.6 is 0 Å². The van der Waals surface area contributed by atoms with Gasteiger partial charge in [0.1, 0.15) is 5.56 Å². The van der Waals surface area contributed by atoms with Gasteiger partial charge in [0.25, 0.3) is 5.91 Å². The Hall–Kier alpha value is -3.36. The standard InChI is InChI=1S/C24H30BN5O5/c1-23(2)24(3,4)35-25(34-23)18-10-9-15(11-16(18)22(32)33-5)28-21-17(20(27)31)13-30(29-21)19-8-6-7-14(19)12-26/h9-11,13-14,19H,6-8H2,1-5H3,(H2,27,31)(H,28,29)/t14-,19+/m1/s1. The molecule has 1 aromatic carbocycles. The Morgan fingerprint density at radius 1 is 1.23 bits per heavy atom. The molecule has 35 heavy (non-hydrogen) atoms. The van der Waals surface area contributed by atoms with E-state index in [1.165, 1.54) is 7.11 Å². The van der Waals surface area contributed by atoms with Gasteiger partial charge in [0.05, 0.1) is 41.9 Å². The third kappa shape index (κ3) is 4.51. The molecule has 2 atom stereocenters. The number of esters is 1. The minimum absolute atomic E-state index is 0.120. The predicted molar refractivity (Wildman–Crippen MR) is 130 cm³/mol. The van der Waals surface area contributed by atoms with Crippen molar-refractivity contribution in [2.45, 2.75) is 64.2 Å². The van der Waals surface area contributed by atoms with Crippen molar-refractivity contribution < 1.29 is 23.6 Å². The monoisotopic (exact) mass is 479 g/mol. The first-order valence-corrected chi connectivity index (χ1v) is 11.6. The van der Waals surface area contributed by atoms with E-state index in [4.69, 9.17) is 19.8 Å². The van der Waals surface area contributed by atoms with Crippen molar-refractivity contribution in [1.82, 2.24) is 9.78 Å². The van der Waals surface area contributed by atoms with Crippen LogP contribution in [0.5, 0.6) is 0 Å². The van der Waals surface area contributed by atoms with Crippen molar-refractivity contribution in [3.8, 4) is 6.07 Å². The number of nitriles is 1. The molecular formula is C24H30BN5O5. The summed E-state index contributed by atoms with van der Waals surface area (Å²) in [5, 5.41) is 17.1. The molecule has 2 aliphatic rings. The molecule has 184 valence electrons. The minimum atomic E-state index is -0.756. The molecule has 1 aliphatic heterocycles. The highest BCUT2D eigenvalue weighted by Crippen LogP contribution is 2.38. The van der Waals surface area contributed by atoms with E-state index in [0.717, 1.165) is 19.3 Å². The van der Waals surface area contributed by atoms with Crippen LogP contribution in [-0.2, 0) is 14.0 Å². The molecule has 2 heterocycles. The van der Waals surface area contributed by atoms with Crippen LogP contribution in [0.1, 0.15) is 73.7 Å². The van der Waals surface area contributed by atoms with Gasteiger partial charge in [0.15, 0.2) is 5.82 Å². The average molecular weight is 479 g/mol. The lowest BCUT2D eigenvalue weighted by Gasteiger charge is -2.32. The lowest BCUT2D eigenvalue weighted by Crippen LogP contribution is -2.41. The molecule has 10 nitrogen and oxygen atoms in total. The number of nitrogens with zero attached hydrogens (tertiary/aromatic N) is 3. The number of carbonyl (C=O) groups excluding carboxylic acids is 2. The summed E-state index contributed by atoms with van der Waals surface area (Å²) >= 11 is 0. The van der Waals surface area contributed by atoms with E-state index < -0.39 is 30.2 Å². The largest absolute Gasteiger partial charge is 0.495 e. The number of ether oxygens (including phenoxy) is 1. The summed E-state index contributed by atoms with van der Waals surface area (Å²) in [5.74, 6) is -1.12. The summed E-state index contributed by atoms with van der Waals surface area (Å²) in [6.45, 7) is 7.74. The molecule has 1 aromatic heterocycles. The highest BCUT2D eigenvalue weighted by molar-refractivity contribution is 6.63. The molecule has 0 spiro atoms. The summed E-state index contributed by atoms with van der Waals surface area (Å²) in [5.41, 5.74) is 5.94. The number of anilines is 2. The van der Waals surface area contributed by atoms with E-state index in [1.807, 2.05) is 27.7 Å². The second kappa shape index (κ2) is 9.02. The van der Waals surface area contributed by atoms with Crippen LogP contribution in [0.15, 0.2) is 24.4 Å². The molecule has 1 saturated heterocycles. The van der Waals surface area contributed by atoms with E-state index >= 15 is 0 Å². The number of benzene rings is 1. The smallest absolute Gasteiger partial charge is 0.465 e. The van der Waals surface area contributed by atoms with E-state index in [9.17, 15) is 14.9 Å². The minimum Gasteiger partial charge on any atom is -0.465 e. The van der Waals surface area contributed by atoms with Crippen LogP contribution < -0.4 is 16.5 Å². The number of methoxy groups -OCH3 is 1. The van der Waals surface area contributed by atoms with Crippen molar-refractivity contribution in [3.05, 3.63) is 35.5 Å². The maximum atomic E-state index is 12.7.